The van der Waals surface area contributed by atoms with Crippen LogP contribution in [0.2, 0.25) is 0 Å². The van der Waals surface area contributed by atoms with Gasteiger partial charge in [0.2, 0.25) is 0 Å². The molecule has 0 bridgehead atoms. The molecule has 6 nitrogen and oxygen atoms in total. The van der Waals surface area contributed by atoms with Crippen LogP contribution >= 0.6 is 0 Å². The van der Waals surface area contributed by atoms with Crippen molar-refractivity contribution in [2.75, 3.05) is 18.5 Å². The number of rotatable bonds is 2. The Morgan fingerprint density at radius 3 is 3.00 bits per heavy atom. The Morgan fingerprint density at radius 2 is 2.37 bits per heavy atom. The fourth-order valence-electron chi connectivity index (χ4n) is 2.34. The summed E-state index contributed by atoms with van der Waals surface area (Å²) in [6.45, 7) is 4.90. The van der Waals surface area contributed by atoms with E-state index in [1.807, 2.05) is 13.8 Å². The van der Waals surface area contributed by atoms with Gasteiger partial charge in [-0.15, -0.1) is 0 Å². The molecular weight excluding hydrogens is 244 g/mol. The van der Waals surface area contributed by atoms with E-state index in [2.05, 4.69) is 10.4 Å². The van der Waals surface area contributed by atoms with Crippen molar-refractivity contribution in [3.8, 4) is 0 Å². The summed E-state index contributed by atoms with van der Waals surface area (Å²) >= 11 is 0. The monoisotopic (exact) mass is 264 g/mol. The molecule has 0 saturated carbocycles. The summed E-state index contributed by atoms with van der Waals surface area (Å²) in [6, 6.07) is 1.75. The van der Waals surface area contributed by atoms with Crippen molar-refractivity contribution in [1.82, 2.24) is 9.88 Å². The third kappa shape index (κ3) is 2.85. The number of nitrogen functional groups attached to an aromatic ring is 1. The highest BCUT2D eigenvalue weighted by atomic mass is 16.3. The van der Waals surface area contributed by atoms with Crippen LogP contribution in [-0.2, 0) is 0 Å². The normalized spacial score (nSPS) is 23.3. The van der Waals surface area contributed by atoms with Crippen LogP contribution in [0, 0.1) is 12.8 Å². The lowest BCUT2D eigenvalue weighted by atomic mass is 9.96. The van der Waals surface area contributed by atoms with Crippen molar-refractivity contribution in [2.45, 2.75) is 26.4 Å². The first-order valence-electron chi connectivity index (χ1n) is 6.43. The standard InChI is InChI=1S/C13H20N4O2/c1-8-7-17(4-3-12(8)18)13(19)10-6-15-9(2)5-11(10)16-14/h5-6,8,12,18H,3-4,7,14H2,1-2H3,(H,15,16). The lowest BCUT2D eigenvalue weighted by molar-refractivity contribution is 0.0298. The van der Waals surface area contributed by atoms with Crippen LogP contribution in [0.15, 0.2) is 12.3 Å². The van der Waals surface area contributed by atoms with E-state index in [-0.39, 0.29) is 17.9 Å². The number of hydrogen-bond acceptors (Lipinski definition) is 5. The Balaban J connectivity index is 2.20. The van der Waals surface area contributed by atoms with E-state index in [4.69, 9.17) is 5.84 Å². The highest BCUT2D eigenvalue weighted by molar-refractivity contribution is 5.99. The van der Waals surface area contributed by atoms with Crippen molar-refractivity contribution < 1.29 is 9.90 Å². The fraction of sp³-hybridized carbons (Fsp3) is 0.538. The number of nitrogens with zero attached hydrogens (tertiary/aromatic N) is 2. The zero-order valence-electron chi connectivity index (χ0n) is 11.3. The molecule has 1 aromatic heterocycles. The van der Waals surface area contributed by atoms with E-state index < -0.39 is 0 Å². The molecule has 1 fully saturated rings. The van der Waals surface area contributed by atoms with Crippen LogP contribution in [0.25, 0.3) is 0 Å². The number of carbonyl (C=O) groups is 1. The van der Waals surface area contributed by atoms with E-state index in [9.17, 15) is 9.90 Å². The van der Waals surface area contributed by atoms with Gasteiger partial charge in [0.1, 0.15) is 0 Å². The maximum Gasteiger partial charge on any atom is 0.257 e. The Hall–Kier alpha value is -1.66. The van der Waals surface area contributed by atoms with Crippen molar-refractivity contribution in [3.63, 3.8) is 0 Å². The number of hydrogen-bond donors (Lipinski definition) is 3. The van der Waals surface area contributed by atoms with Gasteiger partial charge in [0.15, 0.2) is 0 Å². The zero-order valence-corrected chi connectivity index (χ0v) is 11.3. The van der Waals surface area contributed by atoms with Gasteiger partial charge in [0.05, 0.1) is 17.4 Å². The molecule has 0 aliphatic carbocycles. The fourth-order valence-corrected chi connectivity index (χ4v) is 2.34. The third-order valence-electron chi connectivity index (χ3n) is 3.57. The second-order valence-electron chi connectivity index (χ2n) is 5.10. The summed E-state index contributed by atoms with van der Waals surface area (Å²) in [5, 5.41) is 9.70. The number of amides is 1. The molecule has 2 heterocycles. The Morgan fingerprint density at radius 1 is 1.63 bits per heavy atom. The molecule has 2 rings (SSSR count). The van der Waals surface area contributed by atoms with Gasteiger partial charge in [-0.25, -0.2) is 0 Å². The van der Waals surface area contributed by atoms with E-state index in [0.29, 0.717) is 30.8 Å². The maximum absolute atomic E-state index is 12.5. The number of piperidine rings is 1. The summed E-state index contributed by atoms with van der Waals surface area (Å²) < 4.78 is 0. The van der Waals surface area contributed by atoms with Crippen LogP contribution in [0.1, 0.15) is 29.4 Å². The molecule has 1 amide bonds. The van der Waals surface area contributed by atoms with Crippen LogP contribution in [0.4, 0.5) is 5.69 Å². The van der Waals surface area contributed by atoms with E-state index in [1.165, 1.54) is 0 Å². The Bertz CT molecular complexity index is 478. The van der Waals surface area contributed by atoms with Gasteiger partial charge < -0.3 is 15.4 Å². The first-order chi connectivity index (χ1) is 9.02. The number of pyridine rings is 1. The first-order valence-corrected chi connectivity index (χ1v) is 6.43. The number of aliphatic hydroxyl groups excluding tert-OH is 1. The molecule has 19 heavy (non-hydrogen) atoms. The number of aliphatic hydroxyl groups is 1. The van der Waals surface area contributed by atoms with Crippen LogP contribution < -0.4 is 11.3 Å². The van der Waals surface area contributed by atoms with Gasteiger partial charge in [-0.1, -0.05) is 6.92 Å². The predicted octanol–water partition coefficient (Wildman–Crippen LogP) is 0.519. The number of anilines is 1. The van der Waals surface area contributed by atoms with Crippen LogP contribution in [-0.4, -0.2) is 40.1 Å². The minimum Gasteiger partial charge on any atom is -0.393 e. The molecule has 0 radical (unpaired) electrons. The number of hydrazine groups is 1. The summed E-state index contributed by atoms with van der Waals surface area (Å²) in [7, 11) is 0. The first kappa shape index (κ1) is 13.8. The molecule has 0 spiro atoms. The van der Waals surface area contributed by atoms with Gasteiger partial charge in [0, 0.05) is 25.0 Å². The van der Waals surface area contributed by atoms with Gasteiger partial charge in [-0.3, -0.25) is 15.6 Å². The summed E-state index contributed by atoms with van der Waals surface area (Å²) in [6.07, 6.45) is 1.83. The highest BCUT2D eigenvalue weighted by Gasteiger charge is 2.28. The zero-order chi connectivity index (χ0) is 14.0. The van der Waals surface area contributed by atoms with Gasteiger partial charge in [0.25, 0.3) is 5.91 Å². The smallest absolute Gasteiger partial charge is 0.257 e. The Kier molecular flexibility index (Phi) is 4.01. The molecule has 0 aromatic carbocycles. The largest absolute Gasteiger partial charge is 0.393 e. The number of aromatic nitrogens is 1. The molecular formula is C13H20N4O2. The van der Waals surface area contributed by atoms with E-state index >= 15 is 0 Å². The SMILES string of the molecule is Cc1cc(NN)c(C(=O)N2CCC(O)C(C)C2)cn1. The van der Waals surface area contributed by atoms with Crippen molar-refractivity contribution in [2.24, 2.45) is 11.8 Å². The van der Waals surface area contributed by atoms with Crippen molar-refractivity contribution in [1.29, 1.82) is 0 Å². The number of nitrogens with one attached hydrogen (secondary N) is 1. The average molecular weight is 264 g/mol. The molecule has 6 heteroatoms. The maximum atomic E-state index is 12.5. The second-order valence-corrected chi connectivity index (χ2v) is 5.10. The van der Waals surface area contributed by atoms with Crippen molar-refractivity contribution >= 4 is 11.6 Å². The average Bonchev–Trinajstić information content (AvgIpc) is 2.41. The molecule has 2 atom stereocenters. The highest BCUT2D eigenvalue weighted by Crippen LogP contribution is 2.22. The van der Waals surface area contributed by atoms with Gasteiger partial charge >= 0.3 is 0 Å². The molecule has 1 aliphatic rings. The number of likely N-dealkylation sites (tertiary alicyclic amines) is 1. The van der Waals surface area contributed by atoms with E-state index in [1.54, 1.807) is 17.2 Å². The Labute approximate surface area is 112 Å². The lowest BCUT2D eigenvalue weighted by Gasteiger charge is -2.34. The lowest BCUT2D eigenvalue weighted by Crippen LogP contribution is -2.45. The minimum absolute atomic E-state index is 0.0883. The molecule has 2 unspecified atom stereocenters. The number of aryl methyl sites for hydroxylation is 1. The molecule has 1 aliphatic heterocycles. The minimum atomic E-state index is -0.327. The number of nitrogens with two attached hydrogens (primary N) is 1. The third-order valence-corrected chi connectivity index (χ3v) is 3.57. The topological polar surface area (TPSA) is 91.5 Å². The molecule has 1 saturated heterocycles. The molecule has 104 valence electrons. The van der Waals surface area contributed by atoms with E-state index in [0.717, 1.165) is 5.69 Å². The quantitative estimate of drug-likeness (QED) is 0.535. The number of carbonyl (C=O) groups excluding carboxylic acids is 1. The van der Waals surface area contributed by atoms with Crippen LogP contribution in [0.5, 0.6) is 0 Å². The van der Waals surface area contributed by atoms with Gasteiger partial charge in [-0.2, -0.15) is 0 Å². The summed E-state index contributed by atoms with van der Waals surface area (Å²) in [5.74, 6) is 5.44. The van der Waals surface area contributed by atoms with Crippen molar-refractivity contribution in [3.05, 3.63) is 23.5 Å². The second kappa shape index (κ2) is 5.54. The summed E-state index contributed by atoms with van der Waals surface area (Å²) in [4.78, 5) is 18.3. The summed E-state index contributed by atoms with van der Waals surface area (Å²) in [5.41, 5.74) is 4.39. The van der Waals surface area contributed by atoms with Gasteiger partial charge in [-0.05, 0) is 25.3 Å². The molecule has 4 N–H and O–H groups in total. The predicted molar refractivity (Wildman–Crippen MR) is 72.5 cm³/mol. The van der Waals surface area contributed by atoms with Crippen LogP contribution in [0.3, 0.4) is 0 Å². The molecule has 1 aromatic rings.